The van der Waals surface area contributed by atoms with Gasteiger partial charge in [-0.05, 0) is 19.3 Å². The van der Waals surface area contributed by atoms with Crippen molar-refractivity contribution in [3.05, 3.63) is 12.2 Å². The first-order chi connectivity index (χ1) is 7.83. The van der Waals surface area contributed by atoms with Gasteiger partial charge in [0, 0.05) is 24.7 Å². The maximum absolute atomic E-state index is 11.3. The molecular formula is C10H17BrN4O. The molecule has 90 valence electrons. The Morgan fingerprint density at radius 1 is 1.44 bits per heavy atom. The minimum atomic E-state index is 0.138. The Morgan fingerprint density at radius 2 is 2.31 bits per heavy atom. The lowest BCUT2D eigenvalue weighted by molar-refractivity contribution is -0.121. The van der Waals surface area contributed by atoms with Crippen molar-refractivity contribution in [1.82, 2.24) is 20.5 Å². The van der Waals surface area contributed by atoms with E-state index < -0.39 is 0 Å². The molecule has 16 heavy (non-hydrogen) atoms. The third kappa shape index (κ3) is 5.85. The quantitative estimate of drug-likeness (QED) is 0.561. The van der Waals surface area contributed by atoms with Crippen LogP contribution in [0.4, 0.5) is 0 Å². The lowest BCUT2D eigenvalue weighted by Crippen LogP contribution is -2.24. The highest BCUT2D eigenvalue weighted by atomic mass is 79.9. The van der Waals surface area contributed by atoms with E-state index in [0.717, 1.165) is 36.8 Å². The second kappa shape index (κ2) is 8.27. The van der Waals surface area contributed by atoms with Crippen LogP contribution in [0.5, 0.6) is 0 Å². The number of halogens is 1. The number of carbonyl (C=O) groups excluding carboxylic acids is 1. The summed E-state index contributed by atoms with van der Waals surface area (Å²) >= 11 is 3.34. The van der Waals surface area contributed by atoms with E-state index >= 15 is 0 Å². The number of nitrogens with zero attached hydrogens (tertiary/aromatic N) is 2. The van der Waals surface area contributed by atoms with Crippen molar-refractivity contribution < 1.29 is 4.79 Å². The molecule has 0 aliphatic rings. The summed E-state index contributed by atoms with van der Waals surface area (Å²) in [4.78, 5) is 15.3. The van der Waals surface area contributed by atoms with Gasteiger partial charge in [0.15, 0.2) is 0 Å². The van der Waals surface area contributed by atoms with E-state index in [9.17, 15) is 4.79 Å². The molecular weight excluding hydrogens is 272 g/mol. The largest absolute Gasteiger partial charge is 0.356 e. The smallest absolute Gasteiger partial charge is 0.219 e. The van der Waals surface area contributed by atoms with Crippen LogP contribution in [-0.4, -0.2) is 33.0 Å². The van der Waals surface area contributed by atoms with Crippen LogP contribution in [0, 0.1) is 0 Å². The molecule has 1 heterocycles. The molecule has 1 rings (SSSR count). The topological polar surface area (TPSA) is 70.7 Å². The van der Waals surface area contributed by atoms with Gasteiger partial charge < -0.3 is 5.32 Å². The fourth-order valence-corrected chi connectivity index (χ4v) is 1.70. The van der Waals surface area contributed by atoms with E-state index in [1.54, 1.807) is 0 Å². The van der Waals surface area contributed by atoms with Gasteiger partial charge in [0.1, 0.15) is 12.2 Å². The Labute approximate surface area is 104 Å². The first kappa shape index (κ1) is 13.2. The van der Waals surface area contributed by atoms with Gasteiger partial charge in [-0.15, -0.1) is 0 Å². The summed E-state index contributed by atoms with van der Waals surface area (Å²) in [6.07, 6.45) is 5.81. The molecule has 0 unspecified atom stereocenters. The lowest BCUT2D eigenvalue weighted by Gasteiger charge is -2.03. The molecule has 0 aliphatic heterocycles. The van der Waals surface area contributed by atoms with Crippen LogP contribution >= 0.6 is 15.9 Å². The van der Waals surface area contributed by atoms with E-state index in [1.165, 1.54) is 6.33 Å². The number of amides is 1. The van der Waals surface area contributed by atoms with Crippen molar-refractivity contribution in [2.24, 2.45) is 0 Å². The number of aromatic amines is 1. The second-order valence-electron chi connectivity index (χ2n) is 3.53. The van der Waals surface area contributed by atoms with Crippen molar-refractivity contribution in [2.75, 3.05) is 11.9 Å². The van der Waals surface area contributed by atoms with Gasteiger partial charge in [-0.1, -0.05) is 15.9 Å². The Balaban J connectivity index is 1.96. The number of hydrogen-bond acceptors (Lipinski definition) is 3. The number of rotatable bonds is 8. The Bertz CT molecular complexity index is 289. The van der Waals surface area contributed by atoms with Gasteiger partial charge in [-0.25, -0.2) is 4.98 Å². The average molecular weight is 289 g/mol. The fraction of sp³-hybridized carbons (Fsp3) is 0.700. The normalized spacial score (nSPS) is 10.3. The molecule has 0 atom stereocenters. The third-order valence-electron chi connectivity index (χ3n) is 2.16. The van der Waals surface area contributed by atoms with Crippen LogP contribution in [-0.2, 0) is 11.2 Å². The van der Waals surface area contributed by atoms with Crippen molar-refractivity contribution in [3.63, 3.8) is 0 Å². The highest BCUT2D eigenvalue weighted by Gasteiger charge is 2.00. The van der Waals surface area contributed by atoms with E-state index in [-0.39, 0.29) is 5.91 Å². The zero-order valence-electron chi connectivity index (χ0n) is 9.21. The van der Waals surface area contributed by atoms with E-state index in [4.69, 9.17) is 0 Å². The minimum Gasteiger partial charge on any atom is -0.356 e. The van der Waals surface area contributed by atoms with E-state index in [1.807, 2.05) is 0 Å². The summed E-state index contributed by atoms with van der Waals surface area (Å²) in [7, 11) is 0. The van der Waals surface area contributed by atoms with Gasteiger partial charge in [0.2, 0.25) is 5.91 Å². The first-order valence-electron chi connectivity index (χ1n) is 5.50. The molecule has 0 bridgehead atoms. The predicted molar refractivity (Wildman–Crippen MR) is 65.4 cm³/mol. The molecule has 0 saturated heterocycles. The van der Waals surface area contributed by atoms with E-state index in [2.05, 4.69) is 36.4 Å². The first-order valence-corrected chi connectivity index (χ1v) is 6.62. The molecule has 2 N–H and O–H groups in total. The monoisotopic (exact) mass is 288 g/mol. The van der Waals surface area contributed by atoms with Crippen LogP contribution in [0.1, 0.15) is 31.5 Å². The number of alkyl halides is 1. The SMILES string of the molecule is O=C(CCCCBr)NCCCc1ncn[nH]1. The summed E-state index contributed by atoms with van der Waals surface area (Å²) in [6, 6.07) is 0. The highest BCUT2D eigenvalue weighted by molar-refractivity contribution is 9.09. The molecule has 0 aromatic carbocycles. The summed E-state index contributed by atoms with van der Waals surface area (Å²) < 4.78 is 0. The van der Waals surface area contributed by atoms with Crippen molar-refractivity contribution in [2.45, 2.75) is 32.1 Å². The van der Waals surface area contributed by atoms with Gasteiger partial charge in [-0.3, -0.25) is 9.89 Å². The highest BCUT2D eigenvalue weighted by Crippen LogP contribution is 1.98. The predicted octanol–water partition coefficient (Wildman–Crippen LogP) is 1.42. The zero-order chi connectivity index (χ0) is 11.6. The van der Waals surface area contributed by atoms with Crippen LogP contribution < -0.4 is 5.32 Å². The van der Waals surface area contributed by atoms with Gasteiger partial charge in [0.05, 0.1) is 0 Å². The van der Waals surface area contributed by atoms with Crippen molar-refractivity contribution in [3.8, 4) is 0 Å². The Kier molecular flexibility index (Phi) is 6.80. The number of hydrogen-bond donors (Lipinski definition) is 2. The maximum Gasteiger partial charge on any atom is 0.219 e. The number of unbranched alkanes of at least 4 members (excludes halogenated alkanes) is 1. The lowest BCUT2D eigenvalue weighted by atomic mass is 10.2. The molecule has 0 radical (unpaired) electrons. The zero-order valence-corrected chi connectivity index (χ0v) is 10.8. The summed E-state index contributed by atoms with van der Waals surface area (Å²) in [5, 5.41) is 10.4. The van der Waals surface area contributed by atoms with Gasteiger partial charge >= 0.3 is 0 Å². The summed E-state index contributed by atoms with van der Waals surface area (Å²) in [5.41, 5.74) is 0. The molecule has 0 aliphatic carbocycles. The van der Waals surface area contributed by atoms with Crippen LogP contribution in [0.2, 0.25) is 0 Å². The summed E-state index contributed by atoms with van der Waals surface area (Å²) in [5.74, 6) is 1.01. The van der Waals surface area contributed by atoms with Crippen LogP contribution in [0.25, 0.3) is 0 Å². The van der Waals surface area contributed by atoms with Gasteiger partial charge in [0.25, 0.3) is 0 Å². The van der Waals surface area contributed by atoms with Crippen molar-refractivity contribution in [1.29, 1.82) is 0 Å². The molecule has 1 aromatic heterocycles. The Hall–Kier alpha value is -0.910. The average Bonchev–Trinajstić information content (AvgIpc) is 2.78. The minimum absolute atomic E-state index is 0.138. The second-order valence-corrected chi connectivity index (χ2v) is 4.32. The fourth-order valence-electron chi connectivity index (χ4n) is 1.30. The number of aromatic nitrogens is 3. The molecule has 0 saturated carbocycles. The Morgan fingerprint density at radius 3 is 3.00 bits per heavy atom. The molecule has 1 amide bonds. The molecule has 6 heteroatoms. The number of carbonyl (C=O) groups is 1. The number of aryl methyl sites for hydroxylation is 1. The van der Waals surface area contributed by atoms with Crippen molar-refractivity contribution >= 4 is 21.8 Å². The molecule has 0 spiro atoms. The molecule has 1 aromatic rings. The standard InChI is InChI=1S/C10H17BrN4O/c11-6-2-1-5-10(16)12-7-3-4-9-13-8-14-15-9/h8H,1-7H2,(H,12,16)(H,13,14,15). The van der Waals surface area contributed by atoms with Gasteiger partial charge in [-0.2, -0.15) is 5.10 Å². The van der Waals surface area contributed by atoms with Crippen LogP contribution in [0.3, 0.4) is 0 Å². The van der Waals surface area contributed by atoms with Crippen LogP contribution in [0.15, 0.2) is 6.33 Å². The molecule has 0 fully saturated rings. The van der Waals surface area contributed by atoms with E-state index in [0.29, 0.717) is 13.0 Å². The molecule has 5 nitrogen and oxygen atoms in total. The summed E-state index contributed by atoms with van der Waals surface area (Å²) in [6.45, 7) is 0.702. The maximum atomic E-state index is 11.3. The number of nitrogens with one attached hydrogen (secondary N) is 2. The third-order valence-corrected chi connectivity index (χ3v) is 2.73. The number of H-pyrrole nitrogens is 1.